The summed E-state index contributed by atoms with van der Waals surface area (Å²) < 4.78 is 4.94. The molecule has 2 rings (SSSR count). The van der Waals surface area contributed by atoms with Crippen LogP contribution in [0.3, 0.4) is 0 Å². The van der Waals surface area contributed by atoms with E-state index in [1.807, 2.05) is 44.2 Å². The van der Waals surface area contributed by atoms with Gasteiger partial charge >= 0.3 is 5.97 Å². The van der Waals surface area contributed by atoms with E-state index in [2.05, 4.69) is 0 Å². The molecule has 1 aliphatic rings. The maximum atomic E-state index is 12.6. The third kappa shape index (κ3) is 3.40. The number of carbonyl (C=O) groups is 2. The number of nitrogens with zero attached hydrogens (tertiary/aromatic N) is 2. The topological polar surface area (TPSA) is 70.4 Å². The zero-order valence-corrected chi connectivity index (χ0v) is 14.1. The quantitative estimate of drug-likeness (QED) is 0.482. The van der Waals surface area contributed by atoms with Crippen molar-refractivity contribution in [2.24, 2.45) is 0 Å². The molecule has 1 aromatic carbocycles. The van der Waals surface area contributed by atoms with E-state index >= 15 is 0 Å². The molecular weight excluding hydrogens is 312 g/mol. The Morgan fingerprint density at radius 3 is 2.52 bits per heavy atom. The summed E-state index contributed by atoms with van der Waals surface area (Å²) in [5.41, 5.74) is 1.59. The van der Waals surface area contributed by atoms with E-state index in [-0.39, 0.29) is 23.3 Å². The highest BCUT2D eigenvalue weighted by Crippen LogP contribution is 2.41. The van der Waals surface area contributed by atoms with Gasteiger partial charge in [0.1, 0.15) is 11.1 Å². The van der Waals surface area contributed by atoms with Crippen molar-refractivity contribution in [3.63, 3.8) is 0 Å². The van der Waals surface area contributed by atoms with Crippen molar-refractivity contribution in [1.82, 2.24) is 0 Å². The maximum Gasteiger partial charge on any atom is 0.351 e. The lowest BCUT2D eigenvalue weighted by molar-refractivity contribution is -0.138. The van der Waals surface area contributed by atoms with Crippen molar-refractivity contribution < 1.29 is 14.3 Å². The molecule has 0 bridgehead atoms. The molecule has 1 aromatic rings. The first-order chi connectivity index (χ1) is 11.0. The van der Waals surface area contributed by atoms with E-state index in [9.17, 15) is 14.9 Å². The molecule has 5 nitrogen and oxygen atoms in total. The lowest BCUT2D eigenvalue weighted by atomic mass is 10.2. The summed E-state index contributed by atoms with van der Waals surface area (Å²) in [5, 5.41) is 9.43. The van der Waals surface area contributed by atoms with E-state index in [4.69, 9.17) is 4.74 Å². The van der Waals surface area contributed by atoms with Gasteiger partial charge in [0, 0.05) is 5.69 Å². The number of carbonyl (C=O) groups excluding carboxylic acids is 2. The summed E-state index contributed by atoms with van der Waals surface area (Å²) in [6, 6.07) is 9.30. The number of rotatable bonds is 4. The predicted octanol–water partition coefficient (Wildman–Crippen LogP) is 3.15. The second-order valence-corrected chi connectivity index (χ2v) is 6.23. The van der Waals surface area contributed by atoms with Gasteiger partial charge in [-0.2, -0.15) is 5.26 Å². The van der Waals surface area contributed by atoms with Crippen molar-refractivity contribution in [3.05, 3.63) is 40.4 Å². The fraction of sp³-hybridized carbons (Fsp3) is 0.353. The van der Waals surface area contributed by atoms with Gasteiger partial charge in [0.25, 0.3) is 0 Å². The van der Waals surface area contributed by atoms with Gasteiger partial charge in [0.15, 0.2) is 5.57 Å². The standard InChI is InChI=1S/C17H18N2O3S/c1-4-14-15(20)19(12-8-6-11(3)7-9-12)16(23-14)13(10-18)17(21)22-5-2/h6-9,14H,4-5H2,1-3H3/b16-13+/t14-/m0/s1. The fourth-order valence-corrected chi connectivity index (χ4v) is 3.42. The Hall–Kier alpha value is -2.26. The number of anilines is 1. The van der Waals surface area contributed by atoms with Crippen LogP contribution in [0.4, 0.5) is 5.69 Å². The third-order valence-electron chi connectivity index (χ3n) is 3.42. The van der Waals surface area contributed by atoms with E-state index in [1.165, 1.54) is 16.7 Å². The minimum Gasteiger partial charge on any atom is -0.462 e. The van der Waals surface area contributed by atoms with Crippen LogP contribution in [0.1, 0.15) is 25.8 Å². The highest BCUT2D eigenvalue weighted by atomic mass is 32.2. The fourth-order valence-electron chi connectivity index (χ4n) is 2.23. The van der Waals surface area contributed by atoms with Crippen molar-refractivity contribution in [2.75, 3.05) is 11.5 Å². The van der Waals surface area contributed by atoms with Gasteiger partial charge in [-0.05, 0) is 32.4 Å². The first kappa shape index (κ1) is 17.1. The summed E-state index contributed by atoms with van der Waals surface area (Å²) in [5.74, 6) is -0.812. The van der Waals surface area contributed by atoms with Crippen LogP contribution >= 0.6 is 11.8 Å². The molecule has 1 aliphatic heterocycles. The molecule has 23 heavy (non-hydrogen) atoms. The Kier molecular flexibility index (Phi) is 5.45. The summed E-state index contributed by atoms with van der Waals surface area (Å²) in [6.45, 7) is 5.71. The lowest BCUT2D eigenvalue weighted by Gasteiger charge is -2.18. The van der Waals surface area contributed by atoms with Crippen LogP contribution in [0.15, 0.2) is 34.9 Å². The molecule has 0 saturated carbocycles. The molecule has 1 amide bonds. The molecule has 0 aromatic heterocycles. The van der Waals surface area contributed by atoms with Crippen LogP contribution in [0, 0.1) is 18.3 Å². The molecule has 1 atom stereocenters. The third-order valence-corrected chi connectivity index (χ3v) is 4.85. The predicted molar refractivity (Wildman–Crippen MR) is 89.6 cm³/mol. The van der Waals surface area contributed by atoms with Crippen LogP contribution in [-0.2, 0) is 14.3 Å². The Labute approximate surface area is 139 Å². The number of ether oxygens (including phenoxy) is 1. The van der Waals surface area contributed by atoms with Crippen LogP contribution in [0.25, 0.3) is 0 Å². The zero-order valence-electron chi connectivity index (χ0n) is 13.3. The number of aryl methyl sites for hydroxylation is 1. The van der Waals surface area contributed by atoms with Crippen molar-refractivity contribution in [1.29, 1.82) is 5.26 Å². The van der Waals surface area contributed by atoms with Gasteiger partial charge in [-0.25, -0.2) is 4.79 Å². The minimum atomic E-state index is -0.695. The van der Waals surface area contributed by atoms with Gasteiger partial charge in [-0.15, -0.1) is 0 Å². The number of hydrogen-bond donors (Lipinski definition) is 0. The summed E-state index contributed by atoms with van der Waals surface area (Å²) in [6.07, 6.45) is 0.622. The van der Waals surface area contributed by atoms with Gasteiger partial charge in [0.2, 0.25) is 5.91 Å². The Bertz CT molecular complexity index is 689. The average Bonchev–Trinajstić information content (AvgIpc) is 2.86. The zero-order chi connectivity index (χ0) is 17.0. The summed E-state index contributed by atoms with van der Waals surface area (Å²) >= 11 is 1.25. The maximum absolute atomic E-state index is 12.6. The number of amides is 1. The molecule has 0 spiro atoms. The number of esters is 1. The average molecular weight is 330 g/mol. The molecule has 1 fully saturated rings. The van der Waals surface area contributed by atoms with E-state index in [0.29, 0.717) is 17.1 Å². The van der Waals surface area contributed by atoms with Gasteiger partial charge < -0.3 is 4.74 Å². The summed E-state index contributed by atoms with van der Waals surface area (Å²) in [4.78, 5) is 26.1. The molecule has 0 N–H and O–H groups in total. The van der Waals surface area contributed by atoms with Gasteiger partial charge in [0.05, 0.1) is 11.9 Å². The normalized spacial score (nSPS) is 19.5. The summed E-state index contributed by atoms with van der Waals surface area (Å²) in [7, 11) is 0. The highest BCUT2D eigenvalue weighted by Gasteiger charge is 2.40. The van der Waals surface area contributed by atoms with Crippen LogP contribution in [-0.4, -0.2) is 23.7 Å². The van der Waals surface area contributed by atoms with Gasteiger partial charge in [-0.3, -0.25) is 9.69 Å². The molecule has 0 aliphatic carbocycles. The molecule has 1 saturated heterocycles. The first-order valence-electron chi connectivity index (χ1n) is 7.42. The molecule has 0 unspecified atom stereocenters. The number of thioether (sulfide) groups is 1. The Morgan fingerprint density at radius 1 is 1.35 bits per heavy atom. The van der Waals surface area contributed by atoms with Crippen LogP contribution < -0.4 is 4.90 Å². The van der Waals surface area contributed by atoms with E-state index < -0.39 is 5.97 Å². The molecule has 120 valence electrons. The second kappa shape index (κ2) is 7.34. The molecule has 0 radical (unpaired) electrons. The van der Waals surface area contributed by atoms with Crippen molar-refractivity contribution >= 4 is 29.3 Å². The number of hydrogen-bond acceptors (Lipinski definition) is 5. The minimum absolute atomic E-state index is 0.117. The van der Waals surface area contributed by atoms with Crippen molar-refractivity contribution in [3.8, 4) is 6.07 Å². The Morgan fingerprint density at radius 2 is 2.00 bits per heavy atom. The van der Waals surface area contributed by atoms with E-state index in [0.717, 1.165) is 5.56 Å². The highest BCUT2D eigenvalue weighted by molar-refractivity contribution is 8.05. The van der Waals surface area contributed by atoms with Crippen LogP contribution in [0.5, 0.6) is 0 Å². The monoisotopic (exact) mass is 330 g/mol. The Balaban J connectivity index is 2.54. The SMILES string of the molecule is CCOC(=O)/C(C#N)=C1/S[C@@H](CC)C(=O)N1c1ccc(C)cc1. The number of benzene rings is 1. The first-order valence-corrected chi connectivity index (χ1v) is 8.30. The van der Waals surface area contributed by atoms with Gasteiger partial charge in [-0.1, -0.05) is 36.4 Å². The van der Waals surface area contributed by atoms with Crippen LogP contribution in [0.2, 0.25) is 0 Å². The number of nitriles is 1. The molecule has 1 heterocycles. The second-order valence-electron chi connectivity index (χ2n) is 5.04. The lowest BCUT2D eigenvalue weighted by Crippen LogP contribution is -2.29. The molecular formula is C17H18N2O3S. The van der Waals surface area contributed by atoms with E-state index in [1.54, 1.807) is 6.92 Å². The largest absolute Gasteiger partial charge is 0.462 e. The molecule has 6 heteroatoms. The smallest absolute Gasteiger partial charge is 0.351 e. The van der Waals surface area contributed by atoms with Crippen molar-refractivity contribution in [2.45, 2.75) is 32.4 Å².